The van der Waals surface area contributed by atoms with Crippen molar-refractivity contribution in [2.24, 2.45) is 0 Å². The maximum atomic E-state index is 14.0. The number of amides is 1. The van der Waals surface area contributed by atoms with Gasteiger partial charge in [0.25, 0.3) is 15.9 Å². The van der Waals surface area contributed by atoms with Crippen molar-refractivity contribution in [3.63, 3.8) is 0 Å². The summed E-state index contributed by atoms with van der Waals surface area (Å²) in [6.45, 7) is 3.63. The smallest absolute Gasteiger partial charge is 0.306 e. The lowest BCUT2D eigenvalue weighted by Crippen LogP contribution is -2.47. The summed E-state index contributed by atoms with van der Waals surface area (Å²) in [6.07, 6.45) is -3.93. The van der Waals surface area contributed by atoms with Gasteiger partial charge in [-0.2, -0.15) is 13.2 Å². The summed E-state index contributed by atoms with van der Waals surface area (Å²) in [5.41, 5.74) is 2.05. The molecule has 1 fully saturated rings. The lowest BCUT2D eigenvalue weighted by molar-refractivity contribution is -0.137. The van der Waals surface area contributed by atoms with E-state index in [9.17, 15) is 26.4 Å². The summed E-state index contributed by atoms with van der Waals surface area (Å²) >= 11 is 0. The number of halogens is 3. The highest BCUT2D eigenvalue weighted by Crippen LogP contribution is 2.46. The molecule has 0 aromatic heterocycles. The molecule has 0 radical (unpaired) electrons. The number of aryl methyl sites for hydroxylation is 1. The van der Waals surface area contributed by atoms with Crippen molar-refractivity contribution in [3.8, 4) is 0 Å². The van der Waals surface area contributed by atoms with E-state index in [4.69, 9.17) is 0 Å². The predicted molar refractivity (Wildman–Crippen MR) is 135 cm³/mol. The minimum atomic E-state index is -4.69. The van der Waals surface area contributed by atoms with Crippen LogP contribution in [-0.4, -0.2) is 45.4 Å². The molecule has 1 amide bonds. The molecule has 2 atom stereocenters. The number of sulfonamides is 1. The molecular formula is C27H26F3N3O3S. The van der Waals surface area contributed by atoms with E-state index in [2.05, 4.69) is 15.7 Å². The molecule has 2 heterocycles. The predicted octanol–water partition coefficient (Wildman–Crippen LogP) is 5.26. The van der Waals surface area contributed by atoms with Gasteiger partial charge in [-0.15, -0.1) is 0 Å². The quantitative estimate of drug-likeness (QED) is 0.501. The summed E-state index contributed by atoms with van der Waals surface area (Å²) in [6, 6.07) is 15.6. The van der Waals surface area contributed by atoms with E-state index in [0.29, 0.717) is 6.07 Å². The number of piperidine rings is 1. The first kappa shape index (κ1) is 25.3. The molecule has 37 heavy (non-hydrogen) atoms. The maximum Gasteiger partial charge on any atom is 0.416 e. The first-order valence-corrected chi connectivity index (χ1v) is 13.4. The molecule has 0 bridgehead atoms. The summed E-state index contributed by atoms with van der Waals surface area (Å²) < 4.78 is 68.0. The number of nitrogens with one attached hydrogen (secondary N) is 1. The number of hydrogen-bond acceptors (Lipinski definition) is 4. The van der Waals surface area contributed by atoms with E-state index in [-0.39, 0.29) is 29.1 Å². The van der Waals surface area contributed by atoms with E-state index < -0.39 is 26.7 Å². The molecule has 10 heteroatoms. The Labute approximate surface area is 213 Å². The molecule has 6 nitrogen and oxygen atoms in total. The monoisotopic (exact) mass is 529 g/mol. The zero-order chi connectivity index (χ0) is 26.5. The summed E-state index contributed by atoms with van der Waals surface area (Å²) in [4.78, 5) is 17.4. The van der Waals surface area contributed by atoms with Gasteiger partial charge in [0.05, 0.1) is 21.7 Å². The number of anilines is 2. The van der Waals surface area contributed by atoms with E-state index >= 15 is 0 Å². The van der Waals surface area contributed by atoms with Crippen molar-refractivity contribution in [2.45, 2.75) is 36.4 Å². The number of hydrogen-bond donors (Lipinski definition) is 1. The molecule has 0 spiro atoms. The fourth-order valence-electron chi connectivity index (χ4n) is 5.28. The lowest BCUT2D eigenvalue weighted by Gasteiger charge is -2.36. The Hall–Kier alpha value is -3.37. The largest absolute Gasteiger partial charge is 0.416 e. The molecule has 1 N–H and O–H groups in total. The minimum absolute atomic E-state index is 0.00921. The van der Waals surface area contributed by atoms with Crippen LogP contribution in [0.5, 0.6) is 0 Å². The molecule has 0 unspecified atom stereocenters. The second-order valence-corrected chi connectivity index (χ2v) is 11.3. The lowest BCUT2D eigenvalue weighted by atomic mass is 9.88. The SMILES string of the molecule is Cc1ccc2c(c1)[C@H]1CN(C)CC[C@@H]1N2C(=O)c1ccccc1NS(=O)(=O)c1cccc(C(F)(F)F)c1. The zero-order valence-electron chi connectivity index (χ0n) is 20.3. The Kier molecular flexibility index (Phi) is 6.27. The number of carbonyl (C=O) groups excluding carboxylic acids is 1. The third kappa shape index (κ3) is 4.71. The summed E-state index contributed by atoms with van der Waals surface area (Å²) in [7, 11) is -2.35. The van der Waals surface area contributed by atoms with Gasteiger partial charge in [-0.25, -0.2) is 8.42 Å². The van der Waals surface area contributed by atoms with Crippen LogP contribution in [0.4, 0.5) is 24.5 Å². The first-order valence-electron chi connectivity index (χ1n) is 11.9. The summed E-state index contributed by atoms with van der Waals surface area (Å²) in [5, 5.41) is 0. The van der Waals surface area contributed by atoms with Gasteiger partial charge in [0.2, 0.25) is 0 Å². The molecule has 0 aliphatic carbocycles. The normalized spacial score (nSPS) is 19.9. The molecular weight excluding hydrogens is 503 g/mol. The van der Waals surface area contributed by atoms with Crippen LogP contribution in [-0.2, 0) is 16.2 Å². The fourth-order valence-corrected chi connectivity index (χ4v) is 6.40. The number of alkyl halides is 3. The van der Waals surface area contributed by atoms with Crippen LogP contribution in [0.15, 0.2) is 71.6 Å². The Morgan fingerprint density at radius 1 is 1.03 bits per heavy atom. The Morgan fingerprint density at radius 2 is 1.78 bits per heavy atom. The van der Waals surface area contributed by atoms with Crippen molar-refractivity contribution in [1.82, 2.24) is 4.90 Å². The highest BCUT2D eigenvalue weighted by molar-refractivity contribution is 7.92. The fraction of sp³-hybridized carbons (Fsp3) is 0.296. The molecule has 3 aromatic rings. The average Bonchev–Trinajstić information content (AvgIpc) is 3.16. The number of carbonyl (C=O) groups is 1. The Morgan fingerprint density at radius 3 is 2.54 bits per heavy atom. The number of likely N-dealkylation sites (tertiary alicyclic amines) is 1. The number of rotatable bonds is 4. The van der Waals surface area contributed by atoms with Gasteiger partial charge in [0.15, 0.2) is 0 Å². The highest BCUT2D eigenvalue weighted by atomic mass is 32.2. The van der Waals surface area contributed by atoms with Crippen LogP contribution in [0, 0.1) is 6.92 Å². The number of likely N-dealkylation sites (N-methyl/N-ethyl adjacent to an activating group) is 1. The van der Waals surface area contributed by atoms with Crippen LogP contribution >= 0.6 is 0 Å². The van der Waals surface area contributed by atoms with Gasteiger partial charge in [0.1, 0.15) is 0 Å². The molecule has 2 aliphatic heterocycles. The highest BCUT2D eigenvalue weighted by Gasteiger charge is 2.44. The third-order valence-corrected chi connectivity index (χ3v) is 8.41. The van der Waals surface area contributed by atoms with Gasteiger partial charge < -0.3 is 9.80 Å². The van der Waals surface area contributed by atoms with Crippen molar-refractivity contribution in [1.29, 1.82) is 0 Å². The number of fused-ring (bicyclic) bond motifs is 3. The number of para-hydroxylation sites is 1. The van der Waals surface area contributed by atoms with Gasteiger partial charge in [0, 0.05) is 24.2 Å². The van der Waals surface area contributed by atoms with Crippen LogP contribution < -0.4 is 9.62 Å². The zero-order valence-corrected chi connectivity index (χ0v) is 21.1. The molecule has 1 saturated heterocycles. The standard InChI is InChI=1S/C27H26F3N3O3S/c1-17-10-11-24-21(14-17)22-16-32(2)13-12-25(22)33(24)26(34)20-8-3-4-9-23(20)31-37(35,36)19-7-5-6-18(15-19)27(28,29)30/h3-11,14-15,22,25,31H,12-13,16H2,1-2H3/t22-,25+/m1/s1. The van der Waals surface area contributed by atoms with Crippen LogP contribution in [0.1, 0.15) is 39.4 Å². The van der Waals surface area contributed by atoms with Gasteiger partial charge >= 0.3 is 6.18 Å². The summed E-state index contributed by atoms with van der Waals surface area (Å²) in [5.74, 6) is -0.226. The van der Waals surface area contributed by atoms with Crippen molar-refractivity contribution < 1.29 is 26.4 Å². The second kappa shape index (κ2) is 9.18. The Bertz CT molecular complexity index is 1470. The van der Waals surface area contributed by atoms with Gasteiger partial charge in [-0.05, 0) is 68.9 Å². The topological polar surface area (TPSA) is 69.7 Å². The van der Waals surface area contributed by atoms with Crippen LogP contribution in [0.2, 0.25) is 0 Å². The molecule has 0 saturated carbocycles. The van der Waals surface area contributed by atoms with Gasteiger partial charge in [-0.3, -0.25) is 9.52 Å². The second-order valence-electron chi connectivity index (χ2n) is 9.64. The minimum Gasteiger partial charge on any atom is -0.306 e. The molecule has 2 aliphatic rings. The van der Waals surface area contributed by atoms with E-state index in [1.54, 1.807) is 17.0 Å². The molecule has 5 rings (SSSR count). The van der Waals surface area contributed by atoms with Crippen molar-refractivity contribution in [2.75, 3.05) is 29.8 Å². The van der Waals surface area contributed by atoms with Crippen molar-refractivity contribution in [3.05, 3.63) is 89.0 Å². The number of benzene rings is 3. The molecule has 3 aromatic carbocycles. The van der Waals surface area contributed by atoms with E-state index in [1.165, 1.54) is 12.1 Å². The van der Waals surface area contributed by atoms with E-state index in [1.807, 2.05) is 26.1 Å². The van der Waals surface area contributed by atoms with Crippen LogP contribution in [0.3, 0.4) is 0 Å². The van der Waals surface area contributed by atoms with Crippen molar-refractivity contribution >= 4 is 27.3 Å². The maximum absolute atomic E-state index is 14.0. The average molecular weight is 530 g/mol. The van der Waals surface area contributed by atoms with Gasteiger partial charge in [-0.1, -0.05) is 35.9 Å². The first-order chi connectivity index (χ1) is 17.5. The molecule has 194 valence electrons. The third-order valence-electron chi connectivity index (χ3n) is 7.05. The Balaban J connectivity index is 1.51. The van der Waals surface area contributed by atoms with E-state index in [0.717, 1.165) is 54.5 Å². The van der Waals surface area contributed by atoms with Crippen LogP contribution in [0.25, 0.3) is 0 Å². The number of nitrogens with zero attached hydrogens (tertiary/aromatic N) is 2.